The Hall–Kier alpha value is -1.79. The summed E-state index contributed by atoms with van der Waals surface area (Å²) in [5, 5.41) is 0. The predicted octanol–water partition coefficient (Wildman–Crippen LogP) is 3.62. The number of thiocarbonyl (C=S) groups is 1. The second kappa shape index (κ2) is 6.37. The molecule has 120 valence electrons. The van der Waals surface area contributed by atoms with Crippen LogP contribution in [0.5, 0.6) is 11.5 Å². The number of carbonyl (C=O) groups excluding carboxylic acids is 1. The summed E-state index contributed by atoms with van der Waals surface area (Å²) < 4.78 is 11.7. The van der Waals surface area contributed by atoms with Crippen molar-refractivity contribution in [2.24, 2.45) is 0 Å². The normalized spacial score (nSPS) is 19.0. The molecule has 1 saturated heterocycles. The Bertz CT molecular complexity index is 737. The number of hydrogen-bond donors (Lipinski definition) is 0. The van der Waals surface area contributed by atoms with Gasteiger partial charge in [0.2, 0.25) is 0 Å². The topological polar surface area (TPSA) is 38.8 Å². The van der Waals surface area contributed by atoms with E-state index in [4.69, 9.17) is 21.7 Å². The van der Waals surface area contributed by atoms with Gasteiger partial charge in [0.05, 0.1) is 12.0 Å². The molecular weight excluding hydrogens is 330 g/mol. The summed E-state index contributed by atoms with van der Waals surface area (Å²) in [6, 6.07) is 5.81. The molecule has 0 spiro atoms. The van der Waals surface area contributed by atoms with Gasteiger partial charge in [-0.1, -0.05) is 36.1 Å². The Balaban J connectivity index is 1.91. The quantitative estimate of drug-likeness (QED) is 0.617. The van der Waals surface area contributed by atoms with Gasteiger partial charge in [-0.3, -0.25) is 9.69 Å². The maximum absolute atomic E-state index is 12.4. The minimum atomic E-state index is -0.0349. The van der Waals surface area contributed by atoms with Gasteiger partial charge in [-0.2, -0.15) is 0 Å². The van der Waals surface area contributed by atoms with Crippen molar-refractivity contribution in [1.29, 1.82) is 0 Å². The molecule has 2 heterocycles. The van der Waals surface area contributed by atoms with E-state index in [9.17, 15) is 4.79 Å². The molecule has 1 aromatic rings. The van der Waals surface area contributed by atoms with Crippen LogP contribution in [0.2, 0.25) is 0 Å². The molecule has 1 amide bonds. The lowest BCUT2D eigenvalue weighted by Crippen LogP contribution is -2.34. The first-order chi connectivity index (χ1) is 11.0. The third-order valence-corrected chi connectivity index (χ3v) is 4.94. The highest BCUT2D eigenvalue weighted by Crippen LogP contribution is 2.38. The van der Waals surface area contributed by atoms with Gasteiger partial charge in [0.15, 0.2) is 11.5 Å². The smallest absolute Gasteiger partial charge is 0.266 e. The SMILES string of the molecule is COc1cccc2c1OCC(C=C1SC(=S)N(C(C)C)C1=O)=C2. The molecule has 0 aromatic heterocycles. The maximum Gasteiger partial charge on any atom is 0.266 e. The molecule has 0 aliphatic carbocycles. The molecule has 23 heavy (non-hydrogen) atoms. The first kappa shape index (κ1) is 16.1. The third kappa shape index (κ3) is 3.01. The summed E-state index contributed by atoms with van der Waals surface area (Å²) in [6.07, 6.45) is 3.88. The van der Waals surface area contributed by atoms with Crippen molar-refractivity contribution in [2.45, 2.75) is 19.9 Å². The maximum atomic E-state index is 12.4. The van der Waals surface area contributed by atoms with Crippen LogP contribution in [-0.4, -0.2) is 34.9 Å². The summed E-state index contributed by atoms with van der Waals surface area (Å²) in [7, 11) is 1.62. The van der Waals surface area contributed by atoms with Gasteiger partial charge < -0.3 is 9.47 Å². The lowest BCUT2D eigenvalue weighted by molar-refractivity contribution is -0.123. The van der Waals surface area contributed by atoms with Crippen molar-refractivity contribution in [3.05, 3.63) is 40.3 Å². The van der Waals surface area contributed by atoms with Crippen molar-refractivity contribution in [3.8, 4) is 11.5 Å². The number of methoxy groups -OCH3 is 1. The molecule has 0 unspecified atom stereocenters. The summed E-state index contributed by atoms with van der Waals surface area (Å²) in [6.45, 7) is 4.32. The molecule has 0 radical (unpaired) electrons. The average molecular weight is 347 g/mol. The van der Waals surface area contributed by atoms with Crippen molar-refractivity contribution in [2.75, 3.05) is 13.7 Å². The van der Waals surface area contributed by atoms with Crippen LogP contribution in [-0.2, 0) is 4.79 Å². The second-order valence-corrected chi connectivity index (χ2v) is 7.21. The average Bonchev–Trinajstić information content (AvgIpc) is 2.80. The Morgan fingerprint density at radius 3 is 2.87 bits per heavy atom. The molecule has 3 rings (SSSR count). The Morgan fingerprint density at radius 1 is 1.43 bits per heavy atom. The van der Waals surface area contributed by atoms with Gasteiger partial charge in [-0.25, -0.2) is 0 Å². The van der Waals surface area contributed by atoms with Gasteiger partial charge in [0, 0.05) is 11.6 Å². The highest BCUT2D eigenvalue weighted by molar-refractivity contribution is 8.26. The van der Waals surface area contributed by atoms with E-state index < -0.39 is 0 Å². The zero-order valence-corrected chi connectivity index (χ0v) is 14.8. The predicted molar refractivity (Wildman–Crippen MR) is 96.7 cm³/mol. The number of ether oxygens (including phenoxy) is 2. The van der Waals surface area contributed by atoms with E-state index in [0.717, 1.165) is 16.9 Å². The number of hydrogen-bond acceptors (Lipinski definition) is 5. The number of benzene rings is 1. The standard InChI is InChI=1S/C17H17NO3S2/c1-10(2)18-16(19)14(23-17(18)22)8-11-7-12-5-4-6-13(20-3)15(12)21-9-11/h4-8,10H,9H2,1-3H3. The van der Waals surface area contributed by atoms with Crippen LogP contribution in [0.15, 0.2) is 34.8 Å². The Labute approximate surface area is 145 Å². The molecular formula is C17H17NO3S2. The van der Waals surface area contributed by atoms with E-state index >= 15 is 0 Å². The molecule has 0 saturated carbocycles. The summed E-state index contributed by atoms with van der Waals surface area (Å²) in [5.41, 5.74) is 1.89. The number of thioether (sulfide) groups is 1. The van der Waals surface area contributed by atoms with E-state index in [2.05, 4.69) is 0 Å². The van der Waals surface area contributed by atoms with Gasteiger partial charge in [-0.05, 0) is 37.6 Å². The highest BCUT2D eigenvalue weighted by Gasteiger charge is 2.34. The van der Waals surface area contributed by atoms with Gasteiger partial charge >= 0.3 is 0 Å². The monoisotopic (exact) mass is 347 g/mol. The Morgan fingerprint density at radius 2 is 2.22 bits per heavy atom. The fraction of sp³-hybridized carbons (Fsp3) is 0.294. The molecule has 2 aliphatic rings. The van der Waals surface area contributed by atoms with Crippen LogP contribution in [0, 0.1) is 0 Å². The number of amides is 1. The summed E-state index contributed by atoms with van der Waals surface area (Å²) in [4.78, 5) is 14.7. The van der Waals surface area contributed by atoms with Gasteiger partial charge in [0.1, 0.15) is 10.9 Å². The fourth-order valence-corrected chi connectivity index (χ4v) is 4.07. The van der Waals surface area contributed by atoms with E-state index in [1.165, 1.54) is 11.8 Å². The third-order valence-electron chi connectivity index (χ3n) is 3.61. The lowest BCUT2D eigenvalue weighted by Gasteiger charge is -2.19. The largest absolute Gasteiger partial charge is 0.493 e. The summed E-state index contributed by atoms with van der Waals surface area (Å²) >= 11 is 6.63. The molecule has 2 aliphatic heterocycles. The van der Waals surface area contributed by atoms with E-state index in [1.54, 1.807) is 12.0 Å². The van der Waals surface area contributed by atoms with Crippen molar-refractivity contribution >= 4 is 40.3 Å². The first-order valence-electron chi connectivity index (χ1n) is 7.28. The number of rotatable bonds is 3. The van der Waals surface area contributed by atoms with Gasteiger partial charge in [0.25, 0.3) is 5.91 Å². The van der Waals surface area contributed by atoms with Crippen LogP contribution < -0.4 is 9.47 Å². The van der Waals surface area contributed by atoms with E-state index in [-0.39, 0.29) is 11.9 Å². The molecule has 4 nitrogen and oxygen atoms in total. The van der Waals surface area contributed by atoms with E-state index in [0.29, 0.717) is 21.6 Å². The molecule has 1 aromatic carbocycles. The lowest BCUT2D eigenvalue weighted by atomic mass is 10.1. The number of nitrogens with zero attached hydrogens (tertiary/aromatic N) is 1. The van der Waals surface area contributed by atoms with Crippen LogP contribution >= 0.6 is 24.0 Å². The number of para-hydroxylation sites is 1. The van der Waals surface area contributed by atoms with Crippen LogP contribution in [0.3, 0.4) is 0 Å². The molecule has 0 atom stereocenters. The molecule has 0 N–H and O–H groups in total. The number of carbonyl (C=O) groups is 1. The van der Waals surface area contributed by atoms with Crippen LogP contribution in [0.1, 0.15) is 19.4 Å². The van der Waals surface area contributed by atoms with Crippen LogP contribution in [0.25, 0.3) is 6.08 Å². The van der Waals surface area contributed by atoms with E-state index in [1.807, 2.05) is 44.2 Å². The summed E-state index contributed by atoms with van der Waals surface area (Å²) in [5.74, 6) is 1.41. The van der Waals surface area contributed by atoms with Crippen molar-refractivity contribution in [3.63, 3.8) is 0 Å². The zero-order valence-electron chi connectivity index (χ0n) is 13.2. The number of fused-ring (bicyclic) bond motifs is 1. The van der Waals surface area contributed by atoms with Crippen LogP contribution in [0.4, 0.5) is 0 Å². The molecule has 0 bridgehead atoms. The highest BCUT2D eigenvalue weighted by atomic mass is 32.2. The van der Waals surface area contributed by atoms with Gasteiger partial charge in [-0.15, -0.1) is 0 Å². The second-order valence-electron chi connectivity index (χ2n) is 5.53. The molecule has 1 fully saturated rings. The zero-order chi connectivity index (χ0) is 16.6. The minimum absolute atomic E-state index is 0.0349. The fourth-order valence-electron chi connectivity index (χ4n) is 2.54. The molecule has 6 heteroatoms. The minimum Gasteiger partial charge on any atom is -0.493 e. The first-order valence-corrected chi connectivity index (χ1v) is 8.51. The van der Waals surface area contributed by atoms with Crippen molar-refractivity contribution in [1.82, 2.24) is 4.90 Å². The Kier molecular flexibility index (Phi) is 4.46. The van der Waals surface area contributed by atoms with Crippen molar-refractivity contribution < 1.29 is 14.3 Å².